The summed E-state index contributed by atoms with van der Waals surface area (Å²) >= 11 is 4.68. The van der Waals surface area contributed by atoms with E-state index in [-0.39, 0.29) is 5.91 Å². The zero-order valence-corrected chi connectivity index (χ0v) is 13.5. The summed E-state index contributed by atoms with van der Waals surface area (Å²) < 4.78 is 0.860. The van der Waals surface area contributed by atoms with Crippen molar-refractivity contribution in [1.82, 2.24) is 10.2 Å². The van der Waals surface area contributed by atoms with Crippen molar-refractivity contribution in [3.05, 3.63) is 35.9 Å². The molecule has 0 aliphatic carbocycles. The zero-order valence-electron chi connectivity index (χ0n) is 11.0. The van der Waals surface area contributed by atoms with E-state index in [9.17, 15) is 4.79 Å². The lowest BCUT2D eigenvalue weighted by molar-refractivity contribution is -0.115. The van der Waals surface area contributed by atoms with Crippen LogP contribution in [0.25, 0.3) is 0 Å². The number of carbonyl (C=O) groups is 1. The van der Waals surface area contributed by atoms with Crippen LogP contribution < -0.4 is 5.32 Å². The molecule has 1 N–H and O–H groups in total. The summed E-state index contributed by atoms with van der Waals surface area (Å²) in [5.74, 6) is 1.73. The Morgan fingerprint density at radius 3 is 2.80 bits per heavy atom. The van der Waals surface area contributed by atoms with E-state index in [0.29, 0.717) is 11.6 Å². The van der Waals surface area contributed by atoms with Crippen LogP contribution >= 0.6 is 34.9 Å². The molecule has 0 atom stereocenters. The van der Waals surface area contributed by atoms with Crippen molar-refractivity contribution in [2.24, 2.45) is 0 Å². The Hall–Kier alpha value is -1.05. The van der Waals surface area contributed by atoms with Crippen LogP contribution in [0.15, 0.2) is 34.7 Å². The maximum absolute atomic E-state index is 11.7. The Balaban J connectivity index is 1.65. The van der Waals surface area contributed by atoms with Gasteiger partial charge in [0.15, 0.2) is 4.34 Å². The number of nitrogens with zero attached hydrogens (tertiary/aromatic N) is 2. The van der Waals surface area contributed by atoms with Crippen molar-refractivity contribution in [2.75, 3.05) is 17.3 Å². The van der Waals surface area contributed by atoms with Gasteiger partial charge < -0.3 is 5.32 Å². The highest BCUT2D eigenvalue weighted by Gasteiger charge is 2.07. The Kier molecular flexibility index (Phi) is 6.35. The minimum absolute atomic E-state index is 0.00522. The third kappa shape index (κ3) is 5.15. The second-order valence-corrected chi connectivity index (χ2v) is 7.05. The average Bonchev–Trinajstić information content (AvgIpc) is 2.92. The Morgan fingerprint density at radius 1 is 1.30 bits per heavy atom. The van der Waals surface area contributed by atoms with Crippen molar-refractivity contribution >= 4 is 45.9 Å². The van der Waals surface area contributed by atoms with E-state index >= 15 is 0 Å². The largest absolute Gasteiger partial charge is 0.300 e. The average molecular weight is 325 g/mol. The summed E-state index contributed by atoms with van der Waals surface area (Å²) in [6, 6.07) is 10.3. The quantitative estimate of drug-likeness (QED) is 0.479. The molecule has 0 fully saturated rings. The normalized spacial score (nSPS) is 10.4. The van der Waals surface area contributed by atoms with Gasteiger partial charge in [-0.3, -0.25) is 4.79 Å². The number of benzene rings is 1. The van der Waals surface area contributed by atoms with Gasteiger partial charge in [-0.25, -0.2) is 0 Å². The van der Waals surface area contributed by atoms with Crippen LogP contribution in [0.1, 0.15) is 12.0 Å². The number of hydrogen-bond donors (Lipinski definition) is 1. The first-order valence-corrected chi connectivity index (χ1v) is 9.26. The molecule has 0 radical (unpaired) electrons. The number of carbonyl (C=O) groups excluding carboxylic acids is 1. The fourth-order valence-corrected chi connectivity index (χ4v) is 3.54. The minimum atomic E-state index is -0.00522. The molecule has 7 heteroatoms. The molecular formula is C13H15N3OS3. The second kappa shape index (κ2) is 8.28. The third-order valence-electron chi connectivity index (χ3n) is 2.41. The van der Waals surface area contributed by atoms with Crippen molar-refractivity contribution < 1.29 is 4.79 Å². The number of nitrogens with one attached hydrogen (secondary N) is 1. The molecule has 106 valence electrons. The third-order valence-corrected chi connectivity index (χ3v) is 5.26. The SMILES string of the molecule is CSc1nnc(NC(=O)CCSCc2ccccc2)s1. The minimum Gasteiger partial charge on any atom is -0.300 e. The topological polar surface area (TPSA) is 54.9 Å². The fraction of sp³-hybridized carbons (Fsp3) is 0.308. The van der Waals surface area contributed by atoms with E-state index in [2.05, 4.69) is 27.6 Å². The first-order valence-electron chi connectivity index (χ1n) is 6.07. The van der Waals surface area contributed by atoms with E-state index < -0.39 is 0 Å². The van der Waals surface area contributed by atoms with Gasteiger partial charge in [-0.1, -0.05) is 53.4 Å². The van der Waals surface area contributed by atoms with Crippen LogP contribution in [0, 0.1) is 0 Å². The van der Waals surface area contributed by atoms with Crippen LogP contribution in [0.2, 0.25) is 0 Å². The van der Waals surface area contributed by atoms with Crippen LogP contribution in [-0.4, -0.2) is 28.1 Å². The molecule has 2 rings (SSSR count). The summed E-state index contributed by atoms with van der Waals surface area (Å²) in [6.07, 6.45) is 2.43. The second-order valence-electron chi connectivity index (χ2n) is 3.91. The van der Waals surface area contributed by atoms with Gasteiger partial charge in [0.05, 0.1) is 0 Å². The van der Waals surface area contributed by atoms with Crippen molar-refractivity contribution in [3.8, 4) is 0 Å². The molecule has 0 saturated carbocycles. The van der Waals surface area contributed by atoms with Crippen LogP contribution in [0.4, 0.5) is 5.13 Å². The number of rotatable bonds is 7. The molecule has 0 aliphatic heterocycles. The molecule has 1 amide bonds. The summed E-state index contributed by atoms with van der Waals surface area (Å²) in [4.78, 5) is 11.7. The number of aromatic nitrogens is 2. The van der Waals surface area contributed by atoms with E-state index in [0.717, 1.165) is 15.8 Å². The smallest absolute Gasteiger partial charge is 0.227 e. The van der Waals surface area contributed by atoms with Crippen LogP contribution in [0.5, 0.6) is 0 Å². The highest BCUT2D eigenvalue weighted by molar-refractivity contribution is 8.00. The molecule has 0 bridgehead atoms. The van der Waals surface area contributed by atoms with Gasteiger partial charge in [0.1, 0.15) is 0 Å². The van der Waals surface area contributed by atoms with Crippen molar-refractivity contribution in [2.45, 2.75) is 16.5 Å². The first-order chi connectivity index (χ1) is 9.78. The fourth-order valence-electron chi connectivity index (χ4n) is 1.45. The van der Waals surface area contributed by atoms with Gasteiger partial charge in [-0.15, -0.1) is 10.2 Å². The van der Waals surface area contributed by atoms with E-state index in [1.54, 1.807) is 11.8 Å². The van der Waals surface area contributed by atoms with E-state index in [1.165, 1.54) is 28.7 Å². The monoisotopic (exact) mass is 325 g/mol. The molecule has 1 aromatic heterocycles. The van der Waals surface area contributed by atoms with Gasteiger partial charge >= 0.3 is 0 Å². The van der Waals surface area contributed by atoms with Gasteiger partial charge in [0, 0.05) is 17.9 Å². The summed E-state index contributed by atoms with van der Waals surface area (Å²) in [7, 11) is 0. The molecule has 20 heavy (non-hydrogen) atoms. The maximum atomic E-state index is 11.7. The van der Waals surface area contributed by atoms with Gasteiger partial charge in [-0.2, -0.15) is 11.8 Å². The number of anilines is 1. The lowest BCUT2D eigenvalue weighted by Gasteiger charge is -2.02. The lowest BCUT2D eigenvalue weighted by Crippen LogP contribution is -2.12. The highest BCUT2D eigenvalue weighted by Crippen LogP contribution is 2.23. The van der Waals surface area contributed by atoms with E-state index in [1.807, 2.05) is 24.5 Å². The molecule has 4 nitrogen and oxygen atoms in total. The van der Waals surface area contributed by atoms with Gasteiger partial charge in [0.25, 0.3) is 0 Å². The summed E-state index contributed by atoms with van der Waals surface area (Å²) in [5.41, 5.74) is 1.28. The molecule has 0 unspecified atom stereocenters. The molecule has 1 heterocycles. The predicted octanol–water partition coefficient (Wildman–Crippen LogP) is 3.52. The maximum Gasteiger partial charge on any atom is 0.227 e. The predicted molar refractivity (Wildman–Crippen MR) is 87.5 cm³/mol. The summed E-state index contributed by atoms with van der Waals surface area (Å²) in [5, 5.41) is 11.2. The number of hydrogen-bond acceptors (Lipinski definition) is 6. The van der Waals surface area contributed by atoms with Crippen molar-refractivity contribution in [1.29, 1.82) is 0 Å². The number of amides is 1. The van der Waals surface area contributed by atoms with Gasteiger partial charge in [-0.05, 0) is 11.8 Å². The Bertz CT molecular complexity index is 545. The molecule has 1 aromatic carbocycles. The number of thioether (sulfide) groups is 2. The standard InChI is InChI=1S/C13H15N3OS3/c1-18-13-16-15-12(20-13)14-11(17)7-8-19-9-10-5-3-2-4-6-10/h2-6H,7-9H2,1H3,(H,14,15,17). The van der Waals surface area contributed by atoms with Gasteiger partial charge in [0.2, 0.25) is 11.0 Å². The summed E-state index contributed by atoms with van der Waals surface area (Å²) in [6.45, 7) is 0. The Morgan fingerprint density at radius 2 is 2.10 bits per heavy atom. The molecular weight excluding hydrogens is 310 g/mol. The molecule has 0 aliphatic rings. The zero-order chi connectivity index (χ0) is 14.2. The first kappa shape index (κ1) is 15.3. The highest BCUT2D eigenvalue weighted by atomic mass is 32.2. The van der Waals surface area contributed by atoms with Crippen LogP contribution in [0.3, 0.4) is 0 Å². The van der Waals surface area contributed by atoms with Crippen molar-refractivity contribution in [3.63, 3.8) is 0 Å². The van der Waals surface area contributed by atoms with E-state index in [4.69, 9.17) is 0 Å². The molecule has 2 aromatic rings. The molecule has 0 saturated heterocycles. The Labute approximate surface area is 130 Å². The lowest BCUT2D eigenvalue weighted by atomic mass is 10.2. The molecule has 0 spiro atoms. The van der Waals surface area contributed by atoms with Crippen LogP contribution in [-0.2, 0) is 10.5 Å².